The maximum absolute atomic E-state index is 12.3. The van der Waals surface area contributed by atoms with Gasteiger partial charge in [0.2, 0.25) is 11.8 Å². The van der Waals surface area contributed by atoms with E-state index in [0.717, 1.165) is 5.56 Å². The maximum atomic E-state index is 12.3. The molecule has 0 saturated heterocycles. The lowest BCUT2D eigenvalue weighted by molar-refractivity contribution is -0.115. The van der Waals surface area contributed by atoms with Gasteiger partial charge in [0.15, 0.2) is 11.5 Å². The van der Waals surface area contributed by atoms with E-state index < -0.39 is 0 Å². The number of rotatable bonds is 7. The number of anilines is 2. The number of methoxy groups -OCH3 is 2. The molecule has 1 amide bonds. The second kappa shape index (κ2) is 8.58. The Bertz CT molecular complexity index is 846. The van der Waals surface area contributed by atoms with Crippen molar-refractivity contribution in [1.29, 1.82) is 5.26 Å². The van der Waals surface area contributed by atoms with Crippen molar-refractivity contribution in [1.82, 2.24) is 4.98 Å². The number of benzene rings is 1. The zero-order valence-corrected chi connectivity index (χ0v) is 14.8. The number of nitrogens with zero attached hydrogens (tertiary/aromatic N) is 2. The lowest BCUT2D eigenvalue weighted by Crippen LogP contribution is -2.16. The molecule has 0 spiro atoms. The second-order valence-electron chi connectivity index (χ2n) is 5.24. The van der Waals surface area contributed by atoms with Crippen molar-refractivity contribution in [2.75, 3.05) is 31.9 Å². The van der Waals surface area contributed by atoms with Gasteiger partial charge >= 0.3 is 0 Å². The number of nitrogen functional groups attached to an aromatic ring is 1. The number of amides is 1. The van der Waals surface area contributed by atoms with Gasteiger partial charge in [-0.25, -0.2) is 0 Å². The van der Waals surface area contributed by atoms with Gasteiger partial charge in [0.1, 0.15) is 17.5 Å². The molecule has 1 aromatic carbocycles. The third-order valence-electron chi connectivity index (χ3n) is 3.49. The van der Waals surface area contributed by atoms with E-state index in [1.807, 2.05) is 6.07 Å². The molecule has 136 valence electrons. The Hall–Kier alpha value is -3.47. The van der Waals surface area contributed by atoms with Crippen LogP contribution in [0.15, 0.2) is 24.3 Å². The predicted molar refractivity (Wildman–Crippen MR) is 96.4 cm³/mol. The van der Waals surface area contributed by atoms with Crippen molar-refractivity contribution in [2.45, 2.75) is 13.3 Å². The largest absolute Gasteiger partial charge is 0.493 e. The van der Waals surface area contributed by atoms with E-state index in [4.69, 9.17) is 25.2 Å². The first-order valence-electron chi connectivity index (χ1n) is 7.86. The molecule has 3 N–H and O–H groups in total. The molecule has 8 nitrogen and oxygen atoms in total. The first-order valence-corrected chi connectivity index (χ1v) is 7.86. The number of carbonyl (C=O) groups excluding carboxylic acids is 1. The van der Waals surface area contributed by atoms with Gasteiger partial charge in [0.25, 0.3) is 0 Å². The zero-order valence-electron chi connectivity index (χ0n) is 14.8. The first-order chi connectivity index (χ1) is 12.5. The van der Waals surface area contributed by atoms with E-state index in [2.05, 4.69) is 10.3 Å². The molecule has 0 unspecified atom stereocenters. The molecule has 0 aliphatic carbocycles. The number of hydrogen-bond donors (Lipinski definition) is 2. The standard InChI is InChI=1S/C18H20N4O4/c1-4-26-18-12(10-19)13(20)9-16(22-18)21-17(23)8-11-5-6-14(24-2)15(7-11)25-3/h5-7,9H,4,8H2,1-3H3,(H3,20,21,22,23). The minimum absolute atomic E-state index is 0.0939. The summed E-state index contributed by atoms with van der Waals surface area (Å²) in [5.74, 6) is 1.14. The van der Waals surface area contributed by atoms with Gasteiger partial charge in [0.05, 0.1) is 32.9 Å². The second-order valence-corrected chi connectivity index (χ2v) is 5.24. The number of aromatic nitrogens is 1. The van der Waals surface area contributed by atoms with Gasteiger partial charge in [-0.15, -0.1) is 0 Å². The highest BCUT2D eigenvalue weighted by Crippen LogP contribution is 2.28. The highest BCUT2D eigenvalue weighted by Gasteiger charge is 2.14. The van der Waals surface area contributed by atoms with E-state index in [-0.39, 0.29) is 35.3 Å². The van der Waals surface area contributed by atoms with Gasteiger partial charge in [0, 0.05) is 6.07 Å². The van der Waals surface area contributed by atoms with Crippen LogP contribution in [0.3, 0.4) is 0 Å². The average molecular weight is 356 g/mol. The Kier molecular flexibility index (Phi) is 6.22. The fourth-order valence-electron chi connectivity index (χ4n) is 2.32. The highest BCUT2D eigenvalue weighted by molar-refractivity contribution is 5.92. The predicted octanol–water partition coefficient (Wildman–Crippen LogP) is 2.13. The van der Waals surface area contributed by atoms with Gasteiger partial charge in [-0.3, -0.25) is 4.79 Å². The normalized spacial score (nSPS) is 9.92. The van der Waals surface area contributed by atoms with Crippen LogP contribution >= 0.6 is 0 Å². The van der Waals surface area contributed by atoms with Crippen molar-refractivity contribution in [3.05, 3.63) is 35.4 Å². The Labute approximate surface area is 151 Å². The summed E-state index contributed by atoms with van der Waals surface area (Å²) in [6.45, 7) is 2.09. The molecule has 0 aliphatic heterocycles. The van der Waals surface area contributed by atoms with E-state index >= 15 is 0 Å². The van der Waals surface area contributed by atoms with Gasteiger partial charge in [-0.05, 0) is 24.6 Å². The number of carbonyl (C=O) groups is 1. The van der Waals surface area contributed by atoms with Crippen molar-refractivity contribution in [3.63, 3.8) is 0 Å². The minimum Gasteiger partial charge on any atom is -0.493 e. The van der Waals surface area contributed by atoms with Gasteiger partial charge in [-0.1, -0.05) is 6.07 Å². The van der Waals surface area contributed by atoms with Crippen molar-refractivity contribution in [2.24, 2.45) is 0 Å². The quantitative estimate of drug-likeness (QED) is 0.780. The molecule has 0 fully saturated rings. The van der Waals surface area contributed by atoms with E-state index in [0.29, 0.717) is 18.1 Å². The molecule has 0 radical (unpaired) electrons. The average Bonchev–Trinajstić information content (AvgIpc) is 2.61. The molecule has 0 bridgehead atoms. The number of nitrogens with two attached hydrogens (primary N) is 1. The Morgan fingerprint density at radius 2 is 2.00 bits per heavy atom. The summed E-state index contributed by atoms with van der Waals surface area (Å²) < 4.78 is 15.7. The third kappa shape index (κ3) is 4.33. The fraction of sp³-hybridized carbons (Fsp3) is 0.278. The molecular weight excluding hydrogens is 336 g/mol. The lowest BCUT2D eigenvalue weighted by Gasteiger charge is -2.11. The summed E-state index contributed by atoms with van der Waals surface area (Å²) in [4.78, 5) is 16.4. The van der Waals surface area contributed by atoms with E-state index in [1.54, 1.807) is 32.2 Å². The zero-order chi connectivity index (χ0) is 19.1. The summed E-state index contributed by atoms with van der Waals surface area (Å²) >= 11 is 0. The molecular formula is C18H20N4O4. The Balaban J connectivity index is 2.16. The molecule has 0 atom stereocenters. The Morgan fingerprint density at radius 1 is 1.27 bits per heavy atom. The number of nitriles is 1. The van der Waals surface area contributed by atoms with Crippen LogP contribution in [0.2, 0.25) is 0 Å². The third-order valence-corrected chi connectivity index (χ3v) is 3.49. The van der Waals surface area contributed by atoms with Crippen LogP contribution in [-0.4, -0.2) is 31.7 Å². The monoisotopic (exact) mass is 356 g/mol. The Morgan fingerprint density at radius 3 is 2.62 bits per heavy atom. The van der Waals surface area contributed by atoms with Crippen LogP contribution < -0.4 is 25.3 Å². The topological polar surface area (TPSA) is 119 Å². The summed E-state index contributed by atoms with van der Waals surface area (Å²) in [5, 5.41) is 11.8. The maximum Gasteiger partial charge on any atom is 0.235 e. The van der Waals surface area contributed by atoms with Crippen LogP contribution in [0, 0.1) is 11.3 Å². The first kappa shape index (κ1) is 18.9. The summed E-state index contributed by atoms with van der Waals surface area (Å²) in [6, 6.07) is 8.59. The number of hydrogen-bond acceptors (Lipinski definition) is 7. The number of ether oxygens (including phenoxy) is 3. The van der Waals surface area contributed by atoms with Crippen LogP contribution in [0.1, 0.15) is 18.1 Å². The minimum atomic E-state index is -0.295. The summed E-state index contributed by atoms with van der Waals surface area (Å²) in [7, 11) is 3.07. The van der Waals surface area contributed by atoms with Crippen LogP contribution in [0.5, 0.6) is 17.4 Å². The van der Waals surface area contributed by atoms with Crippen molar-refractivity contribution in [3.8, 4) is 23.4 Å². The highest BCUT2D eigenvalue weighted by atomic mass is 16.5. The van der Waals surface area contributed by atoms with E-state index in [1.165, 1.54) is 13.2 Å². The molecule has 2 rings (SSSR count). The van der Waals surface area contributed by atoms with Crippen molar-refractivity contribution < 1.29 is 19.0 Å². The number of nitrogens with one attached hydrogen (secondary N) is 1. The molecule has 26 heavy (non-hydrogen) atoms. The smallest absolute Gasteiger partial charge is 0.235 e. The lowest BCUT2D eigenvalue weighted by atomic mass is 10.1. The molecule has 1 aromatic heterocycles. The van der Waals surface area contributed by atoms with Crippen molar-refractivity contribution >= 4 is 17.4 Å². The number of pyridine rings is 1. The molecule has 1 heterocycles. The molecule has 2 aromatic rings. The SMILES string of the molecule is CCOc1nc(NC(=O)Cc2ccc(OC)c(OC)c2)cc(N)c1C#N. The van der Waals surface area contributed by atoms with E-state index in [9.17, 15) is 4.79 Å². The van der Waals surface area contributed by atoms with Gasteiger partial charge in [-0.2, -0.15) is 10.2 Å². The fourth-order valence-corrected chi connectivity index (χ4v) is 2.32. The van der Waals surface area contributed by atoms with Gasteiger partial charge < -0.3 is 25.3 Å². The van der Waals surface area contributed by atoms with Crippen LogP contribution in [0.25, 0.3) is 0 Å². The molecule has 0 aliphatic rings. The molecule has 0 saturated carbocycles. The summed E-state index contributed by atoms with van der Waals surface area (Å²) in [6.07, 6.45) is 0.103. The summed E-state index contributed by atoms with van der Waals surface area (Å²) in [5.41, 5.74) is 6.91. The van der Waals surface area contributed by atoms with Crippen LogP contribution in [0.4, 0.5) is 11.5 Å². The molecule has 8 heteroatoms. The van der Waals surface area contributed by atoms with Crippen LogP contribution in [-0.2, 0) is 11.2 Å².